The van der Waals surface area contributed by atoms with Gasteiger partial charge in [-0.15, -0.1) is 0 Å². The van der Waals surface area contributed by atoms with Crippen LogP contribution in [-0.4, -0.2) is 17.6 Å². The summed E-state index contributed by atoms with van der Waals surface area (Å²) in [4.78, 5) is 11.8. The van der Waals surface area contributed by atoms with E-state index < -0.39 is 5.60 Å². The fourth-order valence-corrected chi connectivity index (χ4v) is 2.85. The van der Waals surface area contributed by atoms with Crippen molar-refractivity contribution in [1.82, 2.24) is 5.32 Å². The Kier molecular flexibility index (Phi) is 5.94. The monoisotopic (exact) mass is 311 g/mol. The topological polar surface area (TPSA) is 49.3 Å². The summed E-state index contributed by atoms with van der Waals surface area (Å²) < 4.78 is 0. The van der Waals surface area contributed by atoms with E-state index in [-0.39, 0.29) is 11.8 Å². The average molecular weight is 311 g/mol. The van der Waals surface area contributed by atoms with Gasteiger partial charge >= 0.3 is 0 Å². The summed E-state index contributed by atoms with van der Waals surface area (Å²) in [6, 6.07) is 19.3. The first-order valence-corrected chi connectivity index (χ1v) is 8.19. The van der Waals surface area contributed by atoms with Crippen LogP contribution in [0.15, 0.2) is 60.7 Å². The highest BCUT2D eigenvalue weighted by molar-refractivity contribution is 5.75. The van der Waals surface area contributed by atoms with Crippen LogP contribution in [0.25, 0.3) is 0 Å². The SMILES string of the molecule is CCCC(=O)NC[C@H](C)C(O)(c1ccccc1)c1ccccc1. The Labute approximate surface area is 138 Å². The highest BCUT2D eigenvalue weighted by Gasteiger charge is 2.37. The first-order valence-electron chi connectivity index (χ1n) is 8.19. The van der Waals surface area contributed by atoms with Crippen molar-refractivity contribution in [2.45, 2.75) is 32.3 Å². The molecule has 0 saturated heterocycles. The molecule has 3 heteroatoms. The first-order chi connectivity index (χ1) is 11.1. The van der Waals surface area contributed by atoms with Crippen molar-refractivity contribution in [3.63, 3.8) is 0 Å². The van der Waals surface area contributed by atoms with Crippen LogP contribution in [0, 0.1) is 5.92 Å². The van der Waals surface area contributed by atoms with Gasteiger partial charge in [0.25, 0.3) is 0 Å². The molecule has 2 rings (SSSR count). The van der Waals surface area contributed by atoms with Gasteiger partial charge in [-0.2, -0.15) is 0 Å². The maximum atomic E-state index is 11.8. The second-order valence-corrected chi connectivity index (χ2v) is 5.95. The lowest BCUT2D eigenvalue weighted by Crippen LogP contribution is -2.41. The van der Waals surface area contributed by atoms with Crippen molar-refractivity contribution in [1.29, 1.82) is 0 Å². The molecule has 2 aromatic carbocycles. The second-order valence-electron chi connectivity index (χ2n) is 5.95. The molecule has 1 atom stereocenters. The largest absolute Gasteiger partial charge is 0.380 e. The minimum Gasteiger partial charge on any atom is -0.380 e. The van der Waals surface area contributed by atoms with Gasteiger partial charge in [-0.3, -0.25) is 4.79 Å². The van der Waals surface area contributed by atoms with Crippen LogP contribution in [0.4, 0.5) is 0 Å². The number of aliphatic hydroxyl groups is 1. The molecule has 0 spiro atoms. The zero-order valence-corrected chi connectivity index (χ0v) is 13.8. The molecule has 0 bridgehead atoms. The summed E-state index contributed by atoms with van der Waals surface area (Å²) in [6.07, 6.45) is 1.34. The van der Waals surface area contributed by atoms with E-state index in [0.717, 1.165) is 17.5 Å². The molecule has 0 radical (unpaired) electrons. The van der Waals surface area contributed by atoms with E-state index in [4.69, 9.17) is 0 Å². The van der Waals surface area contributed by atoms with Gasteiger partial charge in [0.2, 0.25) is 5.91 Å². The molecule has 0 saturated carbocycles. The third-order valence-corrected chi connectivity index (χ3v) is 4.22. The van der Waals surface area contributed by atoms with Gasteiger partial charge in [0.1, 0.15) is 5.60 Å². The van der Waals surface area contributed by atoms with Crippen molar-refractivity contribution >= 4 is 5.91 Å². The molecule has 0 aliphatic rings. The molecule has 0 aliphatic carbocycles. The standard InChI is InChI=1S/C20H25NO2/c1-3-10-19(22)21-15-16(2)20(23,17-11-6-4-7-12-17)18-13-8-5-9-14-18/h4-9,11-14,16,23H,3,10,15H2,1-2H3,(H,21,22)/t16-/m0/s1. The fraction of sp³-hybridized carbons (Fsp3) is 0.350. The third-order valence-electron chi connectivity index (χ3n) is 4.22. The lowest BCUT2D eigenvalue weighted by molar-refractivity contribution is -0.121. The summed E-state index contributed by atoms with van der Waals surface area (Å²) in [6.45, 7) is 4.37. The molecular formula is C20H25NO2. The third kappa shape index (κ3) is 3.99. The molecule has 2 N–H and O–H groups in total. The van der Waals surface area contributed by atoms with E-state index in [1.165, 1.54) is 0 Å². The number of amides is 1. The number of hydrogen-bond donors (Lipinski definition) is 2. The van der Waals surface area contributed by atoms with Crippen LogP contribution >= 0.6 is 0 Å². The van der Waals surface area contributed by atoms with Crippen molar-refractivity contribution < 1.29 is 9.90 Å². The van der Waals surface area contributed by atoms with Gasteiger partial charge in [0, 0.05) is 18.9 Å². The number of hydrogen-bond acceptors (Lipinski definition) is 2. The first kappa shape index (κ1) is 17.2. The average Bonchev–Trinajstić information content (AvgIpc) is 2.60. The number of benzene rings is 2. The molecule has 0 heterocycles. The van der Waals surface area contributed by atoms with E-state index in [2.05, 4.69) is 5.32 Å². The van der Waals surface area contributed by atoms with Crippen molar-refractivity contribution in [3.05, 3.63) is 71.8 Å². The smallest absolute Gasteiger partial charge is 0.219 e. The maximum Gasteiger partial charge on any atom is 0.219 e. The predicted molar refractivity (Wildman–Crippen MR) is 93.0 cm³/mol. The van der Waals surface area contributed by atoms with Crippen LogP contribution in [-0.2, 0) is 10.4 Å². The summed E-state index contributed by atoms with van der Waals surface area (Å²) >= 11 is 0. The lowest BCUT2D eigenvalue weighted by atomic mass is 9.77. The molecule has 1 amide bonds. The Bertz CT molecular complexity index is 571. The molecule has 0 aromatic heterocycles. The molecule has 0 fully saturated rings. The van der Waals surface area contributed by atoms with Crippen molar-refractivity contribution in [2.24, 2.45) is 5.92 Å². The Hall–Kier alpha value is -2.13. The molecule has 0 unspecified atom stereocenters. The Morgan fingerprint density at radius 3 is 1.96 bits per heavy atom. The summed E-state index contributed by atoms with van der Waals surface area (Å²) in [5, 5.41) is 14.4. The van der Waals surface area contributed by atoms with Crippen LogP contribution in [0.1, 0.15) is 37.8 Å². The number of carbonyl (C=O) groups excluding carboxylic acids is 1. The highest BCUT2D eigenvalue weighted by atomic mass is 16.3. The Morgan fingerprint density at radius 2 is 1.52 bits per heavy atom. The van der Waals surface area contributed by atoms with E-state index in [1.54, 1.807) is 0 Å². The summed E-state index contributed by atoms with van der Waals surface area (Å²) in [5.41, 5.74) is 0.536. The Morgan fingerprint density at radius 1 is 1.04 bits per heavy atom. The van der Waals surface area contributed by atoms with Gasteiger partial charge in [-0.05, 0) is 17.5 Å². The lowest BCUT2D eigenvalue weighted by Gasteiger charge is -2.35. The number of carbonyl (C=O) groups is 1. The zero-order valence-electron chi connectivity index (χ0n) is 13.8. The molecule has 3 nitrogen and oxygen atoms in total. The van der Waals surface area contributed by atoms with E-state index >= 15 is 0 Å². The van der Waals surface area contributed by atoms with Crippen LogP contribution in [0.5, 0.6) is 0 Å². The fourth-order valence-electron chi connectivity index (χ4n) is 2.85. The van der Waals surface area contributed by atoms with E-state index in [1.807, 2.05) is 74.5 Å². The van der Waals surface area contributed by atoms with Gasteiger partial charge in [0.15, 0.2) is 0 Å². The Balaban J connectivity index is 2.29. The molecular weight excluding hydrogens is 286 g/mol. The summed E-state index contributed by atoms with van der Waals surface area (Å²) in [7, 11) is 0. The zero-order chi connectivity index (χ0) is 16.7. The minimum atomic E-state index is -1.14. The van der Waals surface area contributed by atoms with Crippen molar-refractivity contribution in [2.75, 3.05) is 6.54 Å². The van der Waals surface area contributed by atoms with Gasteiger partial charge < -0.3 is 10.4 Å². The molecule has 0 aliphatic heterocycles. The maximum absolute atomic E-state index is 11.8. The highest BCUT2D eigenvalue weighted by Crippen LogP contribution is 2.36. The van der Waals surface area contributed by atoms with Crippen LogP contribution in [0.3, 0.4) is 0 Å². The molecule has 122 valence electrons. The van der Waals surface area contributed by atoms with Gasteiger partial charge in [-0.25, -0.2) is 0 Å². The van der Waals surface area contributed by atoms with E-state index in [9.17, 15) is 9.90 Å². The molecule has 23 heavy (non-hydrogen) atoms. The summed E-state index contributed by atoms with van der Waals surface area (Å²) in [5.74, 6) is -0.129. The minimum absolute atomic E-state index is 0.0304. The normalized spacial score (nSPS) is 12.7. The van der Waals surface area contributed by atoms with Crippen molar-refractivity contribution in [3.8, 4) is 0 Å². The number of rotatable bonds is 7. The van der Waals surface area contributed by atoms with Crippen LogP contribution in [0.2, 0.25) is 0 Å². The second kappa shape index (κ2) is 7.93. The van der Waals surface area contributed by atoms with Gasteiger partial charge in [-0.1, -0.05) is 74.5 Å². The number of nitrogens with one attached hydrogen (secondary N) is 1. The quantitative estimate of drug-likeness (QED) is 0.822. The van der Waals surface area contributed by atoms with E-state index in [0.29, 0.717) is 13.0 Å². The van der Waals surface area contributed by atoms with Gasteiger partial charge in [0.05, 0.1) is 0 Å². The predicted octanol–water partition coefficient (Wildman–Crippen LogP) is 3.47. The molecule has 2 aromatic rings. The van der Waals surface area contributed by atoms with Crippen LogP contribution < -0.4 is 5.32 Å².